The van der Waals surface area contributed by atoms with Gasteiger partial charge in [0.25, 0.3) is 0 Å². The lowest BCUT2D eigenvalue weighted by Gasteiger charge is -2.25. The summed E-state index contributed by atoms with van der Waals surface area (Å²) < 4.78 is 13.4. The highest BCUT2D eigenvalue weighted by atomic mass is 35.5. The van der Waals surface area contributed by atoms with Gasteiger partial charge < -0.3 is 10.0 Å². The van der Waals surface area contributed by atoms with Crippen LogP contribution >= 0.6 is 11.6 Å². The largest absolute Gasteiger partial charge is 0.390 e. The number of para-hydroxylation sites is 1. The average Bonchev–Trinajstić information content (AvgIpc) is 2.26. The predicted octanol–water partition coefficient (Wildman–Crippen LogP) is 2.25. The number of rotatable bonds is 5. The van der Waals surface area contributed by atoms with Gasteiger partial charge in [0.15, 0.2) is 0 Å². The van der Waals surface area contributed by atoms with E-state index in [9.17, 15) is 9.50 Å². The molecule has 0 aliphatic carbocycles. The lowest BCUT2D eigenvalue weighted by Crippen LogP contribution is -2.33. The molecule has 84 valence electrons. The summed E-state index contributed by atoms with van der Waals surface area (Å²) in [6, 6.07) is 6.52. The molecule has 0 bridgehead atoms. The van der Waals surface area contributed by atoms with Crippen molar-refractivity contribution in [2.75, 3.05) is 23.9 Å². The molecule has 0 saturated heterocycles. The molecule has 1 rings (SSSR count). The van der Waals surface area contributed by atoms with Gasteiger partial charge in [-0.05, 0) is 19.1 Å². The van der Waals surface area contributed by atoms with Gasteiger partial charge in [-0.1, -0.05) is 12.1 Å². The zero-order valence-electron chi connectivity index (χ0n) is 8.66. The zero-order chi connectivity index (χ0) is 11.3. The number of alkyl halides is 1. The molecule has 0 spiro atoms. The molecule has 15 heavy (non-hydrogen) atoms. The van der Waals surface area contributed by atoms with Crippen molar-refractivity contribution in [3.05, 3.63) is 30.1 Å². The predicted molar refractivity (Wildman–Crippen MR) is 61.0 cm³/mol. The Hall–Kier alpha value is -0.800. The summed E-state index contributed by atoms with van der Waals surface area (Å²) >= 11 is 5.51. The van der Waals surface area contributed by atoms with Gasteiger partial charge in [-0.3, -0.25) is 0 Å². The fourth-order valence-corrected chi connectivity index (χ4v) is 1.51. The van der Waals surface area contributed by atoms with Crippen LogP contribution in [0.25, 0.3) is 0 Å². The Morgan fingerprint density at radius 2 is 2.13 bits per heavy atom. The first-order valence-corrected chi connectivity index (χ1v) is 5.46. The van der Waals surface area contributed by atoms with Crippen molar-refractivity contribution in [1.82, 2.24) is 0 Å². The first-order valence-electron chi connectivity index (χ1n) is 4.92. The van der Waals surface area contributed by atoms with Crippen LogP contribution < -0.4 is 4.90 Å². The Bertz CT molecular complexity index is 308. The van der Waals surface area contributed by atoms with Crippen LogP contribution in [0.4, 0.5) is 10.1 Å². The van der Waals surface area contributed by atoms with Gasteiger partial charge in [-0.2, -0.15) is 0 Å². The first-order chi connectivity index (χ1) is 7.19. The normalized spacial score (nSPS) is 12.5. The summed E-state index contributed by atoms with van der Waals surface area (Å²) in [6.07, 6.45) is -0.633. The number of hydrogen-bond acceptors (Lipinski definition) is 2. The molecule has 1 N–H and O–H groups in total. The van der Waals surface area contributed by atoms with E-state index in [0.29, 0.717) is 18.8 Å². The lowest BCUT2D eigenvalue weighted by molar-refractivity contribution is 0.203. The Labute approximate surface area is 94.3 Å². The molecule has 0 radical (unpaired) electrons. The quantitative estimate of drug-likeness (QED) is 0.786. The molecule has 1 aromatic rings. The van der Waals surface area contributed by atoms with Crippen LogP contribution in [-0.2, 0) is 0 Å². The molecule has 0 aliphatic rings. The molecule has 4 heteroatoms. The van der Waals surface area contributed by atoms with Crippen LogP contribution in [0.3, 0.4) is 0 Å². The minimum Gasteiger partial charge on any atom is -0.390 e. The number of nitrogens with zero attached hydrogens (tertiary/aromatic N) is 1. The number of benzene rings is 1. The van der Waals surface area contributed by atoms with E-state index in [4.69, 9.17) is 11.6 Å². The number of aliphatic hydroxyl groups excluding tert-OH is 1. The Morgan fingerprint density at radius 3 is 2.67 bits per heavy atom. The fraction of sp³-hybridized carbons (Fsp3) is 0.455. The number of hydrogen-bond donors (Lipinski definition) is 1. The maximum absolute atomic E-state index is 13.4. The minimum atomic E-state index is -0.633. The van der Waals surface area contributed by atoms with E-state index in [2.05, 4.69) is 0 Å². The summed E-state index contributed by atoms with van der Waals surface area (Å²) in [5.41, 5.74) is 0.504. The van der Waals surface area contributed by atoms with Gasteiger partial charge >= 0.3 is 0 Å². The Kier molecular flexibility index (Phi) is 4.85. The summed E-state index contributed by atoms with van der Waals surface area (Å²) in [6.45, 7) is 2.89. The van der Waals surface area contributed by atoms with E-state index in [1.165, 1.54) is 6.07 Å². The third-order valence-corrected chi connectivity index (χ3v) is 2.54. The van der Waals surface area contributed by atoms with Crippen LogP contribution in [-0.4, -0.2) is 30.2 Å². The molecule has 1 unspecified atom stereocenters. The molecule has 0 fully saturated rings. The van der Waals surface area contributed by atoms with E-state index in [1.54, 1.807) is 23.1 Å². The molecule has 2 nitrogen and oxygen atoms in total. The van der Waals surface area contributed by atoms with Crippen molar-refractivity contribution < 1.29 is 9.50 Å². The van der Waals surface area contributed by atoms with Gasteiger partial charge in [0, 0.05) is 13.1 Å². The van der Waals surface area contributed by atoms with Gasteiger partial charge in [0.05, 0.1) is 17.7 Å². The molecular weight excluding hydrogens is 217 g/mol. The smallest absolute Gasteiger partial charge is 0.146 e. The van der Waals surface area contributed by atoms with Crippen LogP contribution in [0.1, 0.15) is 6.92 Å². The van der Waals surface area contributed by atoms with Gasteiger partial charge in [0.2, 0.25) is 0 Å². The van der Waals surface area contributed by atoms with Crippen LogP contribution in [0, 0.1) is 5.82 Å². The van der Waals surface area contributed by atoms with Crippen molar-refractivity contribution in [3.63, 3.8) is 0 Å². The highest BCUT2D eigenvalue weighted by molar-refractivity contribution is 6.18. The highest BCUT2D eigenvalue weighted by Crippen LogP contribution is 2.18. The van der Waals surface area contributed by atoms with Crippen molar-refractivity contribution in [2.45, 2.75) is 13.0 Å². The number of likely N-dealkylation sites (N-methyl/N-ethyl adjacent to an activating group) is 1. The first kappa shape index (κ1) is 12.3. The molecule has 0 amide bonds. The monoisotopic (exact) mass is 231 g/mol. The van der Waals surface area contributed by atoms with Crippen LogP contribution in [0.2, 0.25) is 0 Å². The summed E-state index contributed by atoms with van der Waals surface area (Å²) in [7, 11) is 0. The average molecular weight is 232 g/mol. The van der Waals surface area contributed by atoms with Gasteiger partial charge in [0.1, 0.15) is 5.82 Å². The van der Waals surface area contributed by atoms with Crippen molar-refractivity contribution in [1.29, 1.82) is 0 Å². The standard InChI is InChI=1S/C11H15ClFNO/c1-2-14(8-9(15)7-12)11-6-4-3-5-10(11)13/h3-6,9,15H,2,7-8H2,1H3. The number of anilines is 1. The Morgan fingerprint density at radius 1 is 1.47 bits per heavy atom. The molecule has 0 aliphatic heterocycles. The van der Waals surface area contributed by atoms with E-state index < -0.39 is 6.10 Å². The Balaban J connectivity index is 2.78. The molecule has 0 saturated carbocycles. The topological polar surface area (TPSA) is 23.5 Å². The maximum Gasteiger partial charge on any atom is 0.146 e. The third kappa shape index (κ3) is 3.36. The number of halogens is 2. The van der Waals surface area contributed by atoms with Crippen molar-refractivity contribution in [2.24, 2.45) is 0 Å². The zero-order valence-corrected chi connectivity index (χ0v) is 9.41. The van der Waals surface area contributed by atoms with E-state index in [1.807, 2.05) is 6.92 Å². The molecular formula is C11H15ClFNO. The molecule has 1 atom stereocenters. The molecule has 1 aromatic carbocycles. The SMILES string of the molecule is CCN(CC(O)CCl)c1ccccc1F. The number of aliphatic hydroxyl groups is 1. The second-order valence-corrected chi connectivity index (χ2v) is 3.61. The van der Waals surface area contributed by atoms with Crippen LogP contribution in [0.5, 0.6) is 0 Å². The summed E-state index contributed by atoms with van der Waals surface area (Å²) in [5.74, 6) is -0.119. The van der Waals surface area contributed by atoms with E-state index in [0.717, 1.165) is 0 Å². The van der Waals surface area contributed by atoms with Crippen LogP contribution in [0.15, 0.2) is 24.3 Å². The summed E-state index contributed by atoms with van der Waals surface area (Å²) in [4.78, 5) is 1.77. The van der Waals surface area contributed by atoms with E-state index in [-0.39, 0.29) is 11.7 Å². The highest BCUT2D eigenvalue weighted by Gasteiger charge is 2.12. The lowest BCUT2D eigenvalue weighted by atomic mass is 10.2. The maximum atomic E-state index is 13.4. The fourth-order valence-electron chi connectivity index (χ4n) is 1.41. The minimum absolute atomic E-state index is 0.158. The molecule has 0 aromatic heterocycles. The van der Waals surface area contributed by atoms with Gasteiger partial charge in [-0.15, -0.1) is 11.6 Å². The molecule has 0 heterocycles. The van der Waals surface area contributed by atoms with E-state index >= 15 is 0 Å². The van der Waals surface area contributed by atoms with Crippen molar-refractivity contribution in [3.8, 4) is 0 Å². The second kappa shape index (κ2) is 5.93. The summed E-state index contributed by atoms with van der Waals surface area (Å²) in [5, 5.41) is 9.42. The second-order valence-electron chi connectivity index (χ2n) is 3.30. The van der Waals surface area contributed by atoms with Gasteiger partial charge in [-0.25, -0.2) is 4.39 Å². The third-order valence-electron chi connectivity index (χ3n) is 2.18. The van der Waals surface area contributed by atoms with Crippen molar-refractivity contribution >= 4 is 17.3 Å².